The summed E-state index contributed by atoms with van der Waals surface area (Å²) in [7, 11) is 1.86. The molecule has 0 aliphatic rings. The average Bonchev–Trinajstić information content (AvgIpc) is 3.17. The fourth-order valence-electron chi connectivity index (χ4n) is 2.07. The van der Waals surface area contributed by atoms with Crippen LogP contribution in [0.25, 0.3) is 11.3 Å². The highest BCUT2D eigenvalue weighted by atomic mass is 32.1. The van der Waals surface area contributed by atoms with E-state index in [1.165, 1.54) is 11.3 Å². The Morgan fingerprint density at radius 3 is 3.00 bits per heavy atom. The fraction of sp³-hybridized carbons (Fsp3) is 0.133. The number of amides is 2. The lowest BCUT2D eigenvalue weighted by molar-refractivity contribution is 0.252. The van der Waals surface area contributed by atoms with E-state index < -0.39 is 0 Å². The zero-order chi connectivity index (χ0) is 15.4. The van der Waals surface area contributed by atoms with Gasteiger partial charge in [-0.2, -0.15) is 5.10 Å². The molecule has 0 unspecified atom stereocenters. The van der Waals surface area contributed by atoms with E-state index in [2.05, 4.69) is 20.7 Å². The minimum absolute atomic E-state index is 0.233. The van der Waals surface area contributed by atoms with Gasteiger partial charge in [0, 0.05) is 31.5 Å². The van der Waals surface area contributed by atoms with Crippen molar-refractivity contribution in [3.05, 3.63) is 53.8 Å². The largest absolute Gasteiger partial charge is 0.334 e. The smallest absolute Gasteiger partial charge is 0.320 e. The standard InChI is InChI=1S/C15H15N5OS/c1-20-10-12(9-18-20)14-11(4-2-6-16-14)8-17-15(21)19-13-5-3-7-22-13/h2-7,9-10H,8H2,1H3,(H2,17,19,21). The highest BCUT2D eigenvalue weighted by Gasteiger charge is 2.09. The third-order valence-electron chi connectivity index (χ3n) is 3.07. The molecular weight excluding hydrogens is 298 g/mol. The van der Waals surface area contributed by atoms with Crippen molar-refractivity contribution in [2.45, 2.75) is 6.54 Å². The van der Waals surface area contributed by atoms with Crippen molar-refractivity contribution >= 4 is 22.4 Å². The molecule has 6 nitrogen and oxygen atoms in total. The second-order valence-corrected chi connectivity index (χ2v) is 5.65. The van der Waals surface area contributed by atoms with Gasteiger partial charge in [0.15, 0.2) is 0 Å². The molecule has 3 rings (SSSR count). The van der Waals surface area contributed by atoms with Crippen molar-refractivity contribution in [2.24, 2.45) is 7.05 Å². The Balaban J connectivity index is 1.69. The van der Waals surface area contributed by atoms with Gasteiger partial charge in [-0.3, -0.25) is 15.0 Å². The van der Waals surface area contributed by atoms with Gasteiger partial charge >= 0.3 is 6.03 Å². The summed E-state index contributed by atoms with van der Waals surface area (Å²) >= 11 is 1.48. The number of nitrogens with zero attached hydrogens (tertiary/aromatic N) is 3. The molecule has 2 amide bonds. The molecule has 0 fully saturated rings. The zero-order valence-electron chi connectivity index (χ0n) is 12.0. The number of rotatable bonds is 4. The molecule has 3 heterocycles. The molecule has 2 N–H and O–H groups in total. The van der Waals surface area contributed by atoms with Crippen molar-refractivity contribution in [2.75, 3.05) is 5.32 Å². The van der Waals surface area contributed by atoms with Crippen molar-refractivity contribution in [3.63, 3.8) is 0 Å². The second-order valence-electron chi connectivity index (χ2n) is 4.70. The lowest BCUT2D eigenvalue weighted by Crippen LogP contribution is -2.28. The van der Waals surface area contributed by atoms with E-state index in [1.807, 2.05) is 42.9 Å². The molecule has 0 bridgehead atoms. The van der Waals surface area contributed by atoms with Crippen LogP contribution in [0.1, 0.15) is 5.56 Å². The fourth-order valence-corrected chi connectivity index (χ4v) is 2.68. The molecule has 0 atom stereocenters. The van der Waals surface area contributed by atoms with Crippen LogP contribution >= 0.6 is 11.3 Å². The molecule has 0 aromatic carbocycles. The Labute approximate surface area is 131 Å². The average molecular weight is 313 g/mol. The van der Waals surface area contributed by atoms with Crippen LogP contribution in [0.4, 0.5) is 9.80 Å². The Bertz CT molecular complexity index is 766. The van der Waals surface area contributed by atoms with E-state index in [9.17, 15) is 4.79 Å². The van der Waals surface area contributed by atoms with Crippen LogP contribution in [0.5, 0.6) is 0 Å². The van der Waals surface area contributed by atoms with Crippen LogP contribution < -0.4 is 10.6 Å². The van der Waals surface area contributed by atoms with E-state index in [4.69, 9.17) is 0 Å². The van der Waals surface area contributed by atoms with Crippen molar-refractivity contribution in [3.8, 4) is 11.3 Å². The van der Waals surface area contributed by atoms with Gasteiger partial charge in [-0.25, -0.2) is 4.79 Å². The normalized spacial score (nSPS) is 10.4. The number of hydrogen-bond donors (Lipinski definition) is 2. The Morgan fingerprint density at radius 1 is 1.36 bits per heavy atom. The number of aromatic nitrogens is 3. The van der Waals surface area contributed by atoms with E-state index in [0.717, 1.165) is 21.8 Å². The first-order valence-electron chi connectivity index (χ1n) is 6.73. The van der Waals surface area contributed by atoms with Gasteiger partial charge in [-0.15, -0.1) is 11.3 Å². The van der Waals surface area contributed by atoms with Crippen molar-refractivity contribution in [1.29, 1.82) is 0 Å². The summed E-state index contributed by atoms with van der Waals surface area (Å²) in [4.78, 5) is 16.3. The minimum Gasteiger partial charge on any atom is -0.334 e. The number of pyridine rings is 1. The molecule has 0 spiro atoms. The Kier molecular flexibility index (Phi) is 4.15. The van der Waals surface area contributed by atoms with Crippen LogP contribution in [-0.2, 0) is 13.6 Å². The summed E-state index contributed by atoms with van der Waals surface area (Å²) < 4.78 is 1.73. The van der Waals surface area contributed by atoms with Gasteiger partial charge in [0.1, 0.15) is 0 Å². The maximum atomic E-state index is 11.9. The van der Waals surface area contributed by atoms with Crippen molar-refractivity contribution < 1.29 is 4.79 Å². The molecule has 0 saturated carbocycles. The van der Waals surface area contributed by atoms with Crippen LogP contribution in [0.3, 0.4) is 0 Å². The number of carbonyl (C=O) groups is 1. The van der Waals surface area contributed by atoms with E-state index in [1.54, 1.807) is 17.1 Å². The first-order chi connectivity index (χ1) is 10.7. The molecule has 22 heavy (non-hydrogen) atoms. The number of urea groups is 1. The lowest BCUT2D eigenvalue weighted by atomic mass is 10.1. The molecule has 0 saturated heterocycles. The number of aryl methyl sites for hydroxylation is 1. The van der Waals surface area contributed by atoms with Crippen LogP contribution in [0, 0.1) is 0 Å². The van der Waals surface area contributed by atoms with Gasteiger partial charge in [-0.1, -0.05) is 6.07 Å². The summed E-state index contributed by atoms with van der Waals surface area (Å²) in [6, 6.07) is 7.31. The molecule has 7 heteroatoms. The van der Waals surface area contributed by atoms with Gasteiger partial charge in [0.2, 0.25) is 0 Å². The summed E-state index contributed by atoms with van der Waals surface area (Å²) in [5.41, 5.74) is 2.70. The maximum absolute atomic E-state index is 11.9. The lowest BCUT2D eigenvalue weighted by Gasteiger charge is -2.09. The van der Waals surface area contributed by atoms with Gasteiger partial charge in [0.25, 0.3) is 0 Å². The molecular formula is C15H15N5OS. The molecule has 0 aliphatic carbocycles. The zero-order valence-corrected chi connectivity index (χ0v) is 12.8. The third-order valence-corrected chi connectivity index (χ3v) is 3.85. The summed E-state index contributed by atoms with van der Waals surface area (Å²) in [5, 5.41) is 12.5. The van der Waals surface area contributed by atoms with Crippen LogP contribution in [0.15, 0.2) is 48.2 Å². The van der Waals surface area contributed by atoms with E-state index in [-0.39, 0.29) is 6.03 Å². The molecule has 0 aliphatic heterocycles. The van der Waals surface area contributed by atoms with E-state index in [0.29, 0.717) is 6.54 Å². The first kappa shape index (κ1) is 14.3. The number of anilines is 1. The highest BCUT2D eigenvalue weighted by molar-refractivity contribution is 7.14. The number of carbonyl (C=O) groups excluding carboxylic acids is 1. The Morgan fingerprint density at radius 2 is 2.27 bits per heavy atom. The summed E-state index contributed by atoms with van der Waals surface area (Å²) in [5.74, 6) is 0. The third kappa shape index (κ3) is 3.32. The van der Waals surface area contributed by atoms with E-state index >= 15 is 0 Å². The SMILES string of the molecule is Cn1cc(-c2ncccc2CNC(=O)Nc2cccs2)cn1. The number of hydrogen-bond acceptors (Lipinski definition) is 4. The van der Waals surface area contributed by atoms with Gasteiger partial charge in [-0.05, 0) is 29.1 Å². The summed E-state index contributed by atoms with van der Waals surface area (Å²) in [6.07, 6.45) is 5.40. The number of nitrogens with one attached hydrogen (secondary N) is 2. The molecule has 112 valence electrons. The number of thiophene rings is 1. The van der Waals surface area contributed by atoms with Crippen LogP contribution in [-0.4, -0.2) is 20.8 Å². The maximum Gasteiger partial charge on any atom is 0.320 e. The van der Waals surface area contributed by atoms with Gasteiger partial charge in [0.05, 0.1) is 16.9 Å². The van der Waals surface area contributed by atoms with Crippen LogP contribution in [0.2, 0.25) is 0 Å². The highest BCUT2D eigenvalue weighted by Crippen LogP contribution is 2.20. The first-order valence-corrected chi connectivity index (χ1v) is 7.61. The predicted octanol–water partition coefficient (Wildman–Crippen LogP) is 2.87. The predicted molar refractivity (Wildman–Crippen MR) is 86.6 cm³/mol. The van der Waals surface area contributed by atoms with Crippen molar-refractivity contribution in [1.82, 2.24) is 20.1 Å². The Hall–Kier alpha value is -2.67. The second kappa shape index (κ2) is 6.40. The topological polar surface area (TPSA) is 71.8 Å². The monoisotopic (exact) mass is 313 g/mol. The minimum atomic E-state index is -0.233. The quantitative estimate of drug-likeness (QED) is 0.778. The van der Waals surface area contributed by atoms with Gasteiger partial charge < -0.3 is 5.32 Å². The molecule has 3 aromatic heterocycles. The molecule has 0 radical (unpaired) electrons. The molecule has 3 aromatic rings. The summed E-state index contributed by atoms with van der Waals surface area (Å²) in [6.45, 7) is 0.398.